The van der Waals surface area contributed by atoms with Crippen LogP contribution in [0.3, 0.4) is 0 Å². The number of aryl methyl sites for hydroxylation is 2. The lowest BCUT2D eigenvalue weighted by Gasteiger charge is -2.15. The topological polar surface area (TPSA) is 79.0 Å². The molecule has 1 amide bonds. The fraction of sp³-hybridized carbons (Fsp3) is 0.500. The Balaban J connectivity index is 2.55. The highest BCUT2D eigenvalue weighted by atomic mass is 16.2. The molecular formula is C12H16N4O2. The smallest absolute Gasteiger partial charge is 0.266 e. The minimum absolute atomic E-state index is 0.0968. The number of hydrogen-bond acceptors (Lipinski definition) is 4. The van der Waals surface area contributed by atoms with Gasteiger partial charge in [0, 0.05) is 26.1 Å². The van der Waals surface area contributed by atoms with Crippen LogP contribution < -0.4 is 5.56 Å². The van der Waals surface area contributed by atoms with E-state index in [2.05, 4.69) is 5.10 Å². The zero-order chi connectivity index (χ0) is 13.5. The molecule has 1 aromatic rings. The van der Waals surface area contributed by atoms with E-state index in [9.17, 15) is 9.59 Å². The van der Waals surface area contributed by atoms with E-state index < -0.39 is 0 Å². The van der Waals surface area contributed by atoms with Gasteiger partial charge in [-0.05, 0) is 13.0 Å². The van der Waals surface area contributed by atoms with Crippen molar-refractivity contribution in [2.75, 3.05) is 13.6 Å². The van der Waals surface area contributed by atoms with Crippen LogP contribution >= 0.6 is 0 Å². The van der Waals surface area contributed by atoms with Gasteiger partial charge in [0.05, 0.1) is 24.7 Å². The summed E-state index contributed by atoms with van der Waals surface area (Å²) in [4.78, 5) is 24.6. The minimum Gasteiger partial charge on any atom is -0.345 e. The third kappa shape index (κ3) is 4.01. The van der Waals surface area contributed by atoms with E-state index in [4.69, 9.17) is 5.26 Å². The number of aromatic nitrogens is 2. The van der Waals surface area contributed by atoms with Crippen LogP contribution in [0.2, 0.25) is 0 Å². The lowest BCUT2D eigenvalue weighted by atomic mass is 10.3. The van der Waals surface area contributed by atoms with E-state index in [1.807, 2.05) is 6.07 Å². The van der Waals surface area contributed by atoms with Crippen molar-refractivity contribution in [3.8, 4) is 6.07 Å². The molecule has 0 radical (unpaired) electrons. The predicted octanol–water partition coefficient (Wildman–Crippen LogP) is 0.314. The molecule has 0 unspecified atom stereocenters. The molecule has 0 aliphatic rings. The van der Waals surface area contributed by atoms with Crippen molar-refractivity contribution in [1.29, 1.82) is 5.26 Å². The fourth-order valence-corrected chi connectivity index (χ4v) is 1.45. The molecule has 1 aromatic heterocycles. The van der Waals surface area contributed by atoms with Gasteiger partial charge in [0.25, 0.3) is 5.56 Å². The van der Waals surface area contributed by atoms with E-state index in [-0.39, 0.29) is 24.4 Å². The number of nitrogens with zero attached hydrogens (tertiary/aromatic N) is 4. The van der Waals surface area contributed by atoms with Gasteiger partial charge in [0.1, 0.15) is 0 Å². The summed E-state index contributed by atoms with van der Waals surface area (Å²) in [7, 11) is 1.64. The maximum atomic E-state index is 11.7. The van der Waals surface area contributed by atoms with Gasteiger partial charge in [0.2, 0.25) is 5.91 Å². The van der Waals surface area contributed by atoms with Crippen molar-refractivity contribution < 1.29 is 4.79 Å². The maximum Gasteiger partial charge on any atom is 0.266 e. The van der Waals surface area contributed by atoms with Gasteiger partial charge in [-0.15, -0.1) is 0 Å². The van der Waals surface area contributed by atoms with Crippen LogP contribution in [0.4, 0.5) is 0 Å². The molecule has 0 bridgehead atoms. The fourth-order valence-electron chi connectivity index (χ4n) is 1.45. The molecule has 96 valence electrons. The lowest BCUT2D eigenvalue weighted by molar-refractivity contribution is -0.130. The molecule has 0 fully saturated rings. The second-order valence-corrected chi connectivity index (χ2v) is 4.01. The first-order valence-corrected chi connectivity index (χ1v) is 5.70. The summed E-state index contributed by atoms with van der Waals surface area (Å²) in [6, 6.07) is 5.06. The van der Waals surface area contributed by atoms with Crippen LogP contribution in [-0.4, -0.2) is 34.2 Å². The van der Waals surface area contributed by atoms with Gasteiger partial charge in [-0.3, -0.25) is 9.59 Å². The second-order valence-electron chi connectivity index (χ2n) is 4.01. The Bertz CT molecular complexity index is 516. The molecule has 18 heavy (non-hydrogen) atoms. The van der Waals surface area contributed by atoms with Crippen molar-refractivity contribution >= 4 is 5.91 Å². The standard InChI is InChI=1S/C12H16N4O2/c1-10-4-5-12(18)16(14-10)9-6-11(17)15(2)8-3-7-13/h4-5H,3,6,8-9H2,1-2H3. The molecular weight excluding hydrogens is 232 g/mol. The Hall–Kier alpha value is -2.16. The highest BCUT2D eigenvalue weighted by Crippen LogP contribution is 1.95. The van der Waals surface area contributed by atoms with Crippen LogP contribution in [0, 0.1) is 18.3 Å². The summed E-state index contributed by atoms with van der Waals surface area (Å²) < 4.78 is 1.28. The summed E-state index contributed by atoms with van der Waals surface area (Å²) in [6.07, 6.45) is 0.517. The van der Waals surface area contributed by atoms with Gasteiger partial charge >= 0.3 is 0 Å². The second kappa shape index (κ2) is 6.55. The van der Waals surface area contributed by atoms with Gasteiger partial charge < -0.3 is 4.90 Å². The van der Waals surface area contributed by atoms with E-state index in [1.54, 1.807) is 20.0 Å². The van der Waals surface area contributed by atoms with Gasteiger partial charge in [-0.1, -0.05) is 0 Å². The Morgan fingerprint density at radius 3 is 2.94 bits per heavy atom. The molecule has 0 aliphatic carbocycles. The number of carbonyl (C=O) groups is 1. The predicted molar refractivity (Wildman–Crippen MR) is 65.7 cm³/mol. The van der Waals surface area contributed by atoms with Crippen molar-refractivity contribution in [1.82, 2.24) is 14.7 Å². The number of hydrogen-bond donors (Lipinski definition) is 0. The molecule has 0 aliphatic heterocycles. The number of carbonyl (C=O) groups excluding carboxylic acids is 1. The van der Waals surface area contributed by atoms with Crippen molar-refractivity contribution in [3.63, 3.8) is 0 Å². The Labute approximate surface area is 105 Å². The van der Waals surface area contributed by atoms with E-state index in [0.717, 1.165) is 5.69 Å². The average molecular weight is 248 g/mol. The quantitative estimate of drug-likeness (QED) is 0.751. The minimum atomic E-state index is -0.215. The first-order chi connectivity index (χ1) is 8.54. The van der Waals surface area contributed by atoms with E-state index >= 15 is 0 Å². The Kier molecular flexibility index (Phi) is 5.06. The van der Waals surface area contributed by atoms with Crippen LogP contribution in [0.25, 0.3) is 0 Å². The molecule has 1 heterocycles. The SMILES string of the molecule is Cc1ccc(=O)n(CCC(=O)N(C)CCC#N)n1. The van der Waals surface area contributed by atoms with Gasteiger partial charge in [-0.25, -0.2) is 4.68 Å². The van der Waals surface area contributed by atoms with Crippen LogP contribution in [0.5, 0.6) is 0 Å². The summed E-state index contributed by atoms with van der Waals surface area (Å²) in [5.74, 6) is -0.0968. The first-order valence-electron chi connectivity index (χ1n) is 5.70. The summed E-state index contributed by atoms with van der Waals surface area (Å²) in [5.41, 5.74) is 0.521. The molecule has 6 heteroatoms. The molecule has 0 saturated heterocycles. The van der Waals surface area contributed by atoms with E-state index in [0.29, 0.717) is 13.0 Å². The Morgan fingerprint density at radius 2 is 2.28 bits per heavy atom. The largest absolute Gasteiger partial charge is 0.345 e. The van der Waals surface area contributed by atoms with Crippen LogP contribution in [0.1, 0.15) is 18.5 Å². The highest BCUT2D eigenvalue weighted by Gasteiger charge is 2.09. The van der Waals surface area contributed by atoms with Crippen LogP contribution in [0.15, 0.2) is 16.9 Å². The normalized spacial score (nSPS) is 9.83. The molecule has 1 rings (SSSR count). The van der Waals surface area contributed by atoms with Crippen LogP contribution in [-0.2, 0) is 11.3 Å². The first kappa shape index (κ1) is 13.9. The van der Waals surface area contributed by atoms with Gasteiger partial charge in [-0.2, -0.15) is 10.4 Å². The zero-order valence-corrected chi connectivity index (χ0v) is 10.6. The van der Waals surface area contributed by atoms with Crippen molar-refractivity contribution in [2.45, 2.75) is 26.3 Å². The third-order valence-electron chi connectivity index (χ3n) is 2.52. The zero-order valence-electron chi connectivity index (χ0n) is 10.6. The molecule has 6 nitrogen and oxygen atoms in total. The molecule has 0 aromatic carbocycles. The van der Waals surface area contributed by atoms with E-state index in [1.165, 1.54) is 15.6 Å². The van der Waals surface area contributed by atoms with Gasteiger partial charge in [0.15, 0.2) is 0 Å². The number of rotatable bonds is 5. The number of amides is 1. The lowest BCUT2D eigenvalue weighted by Crippen LogP contribution is -2.30. The molecule has 0 saturated carbocycles. The molecule has 0 N–H and O–H groups in total. The number of nitriles is 1. The maximum absolute atomic E-state index is 11.7. The molecule has 0 atom stereocenters. The summed E-state index contributed by atoms with van der Waals surface area (Å²) >= 11 is 0. The summed E-state index contributed by atoms with van der Waals surface area (Å²) in [5, 5.41) is 12.5. The molecule has 0 spiro atoms. The van der Waals surface area contributed by atoms with Crippen molar-refractivity contribution in [3.05, 3.63) is 28.2 Å². The Morgan fingerprint density at radius 1 is 1.56 bits per heavy atom. The highest BCUT2D eigenvalue weighted by molar-refractivity contribution is 5.75. The third-order valence-corrected chi connectivity index (χ3v) is 2.52. The average Bonchev–Trinajstić information content (AvgIpc) is 2.36. The summed E-state index contributed by atoms with van der Waals surface area (Å²) in [6.45, 7) is 2.46. The monoisotopic (exact) mass is 248 g/mol. The van der Waals surface area contributed by atoms with Crippen molar-refractivity contribution in [2.24, 2.45) is 0 Å².